The standard InChI is InChI=1S/C40H33F6N9O3S/c1-54-34-23(9-6-10-25(34)38(52-54)53-59(2,57)58)26-17-29-39(50-37(48-29)20-7-4-3-5-8-20)49-32(26)28(15-19-13-21(41)16-22(42)14-19)47-30(56)18-55-35-31(33(51-55)36(43)44)24-11-12-27(24)40(35,45)46/h3-10,13-14,16-17,24,27-28,36H,11-12,15,18H2,1-2H3,(H,47,56)(H,52,53)(H,48,49,50)/t24-,27+,28-/m0/s1. The number of imidazole rings is 1. The average molecular weight is 834 g/mol. The lowest BCUT2D eigenvalue weighted by Crippen LogP contribution is -2.36. The van der Waals surface area contributed by atoms with E-state index in [9.17, 15) is 30.8 Å². The Morgan fingerprint density at radius 1 is 0.949 bits per heavy atom. The summed E-state index contributed by atoms with van der Waals surface area (Å²) >= 11 is 0. The number of benzene rings is 3. The summed E-state index contributed by atoms with van der Waals surface area (Å²) in [7, 11) is -2.16. The molecule has 304 valence electrons. The molecular weight excluding hydrogens is 801 g/mol. The highest BCUT2D eigenvalue weighted by Crippen LogP contribution is 2.63. The number of carbonyl (C=O) groups excluding carboxylic acids is 1. The molecule has 4 aromatic heterocycles. The van der Waals surface area contributed by atoms with Crippen LogP contribution in [0.2, 0.25) is 0 Å². The number of sulfonamides is 1. The van der Waals surface area contributed by atoms with Crippen LogP contribution in [-0.2, 0) is 40.8 Å². The highest BCUT2D eigenvalue weighted by Gasteiger charge is 2.62. The number of nitrogens with zero attached hydrogens (tertiary/aromatic N) is 6. The largest absolute Gasteiger partial charge is 0.346 e. The Hall–Kier alpha value is -6.24. The molecule has 9 rings (SSSR count). The van der Waals surface area contributed by atoms with Crippen molar-refractivity contribution >= 4 is 43.8 Å². The minimum absolute atomic E-state index is 0.0376. The van der Waals surface area contributed by atoms with Crippen LogP contribution in [0.1, 0.15) is 59.4 Å². The number of carbonyl (C=O) groups is 1. The molecule has 3 atom stereocenters. The molecule has 0 spiro atoms. The van der Waals surface area contributed by atoms with Gasteiger partial charge in [-0.3, -0.25) is 18.9 Å². The lowest BCUT2D eigenvalue weighted by atomic mass is 9.73. The molecule has 3 N–H and O–H groups in total. The summed E-state index contributed by atoms with van der Waals surface area (Å²) in [4.78, 5) is 27.0. The van der Waals surface area contributed by atoms with Gasteiger partial charge >= 0.3 is 0 Å². The van der Waals surface area contributed by atoms with Crippen LogP contribution < -0.4 is 10.0 Å². The van der Waals surface area contributed by atoms with Crippen molar-refractivity contribution in [2.75, 3.05) is 11.0 Å². The predicted molar refractivity (Wildman–Crippen MR) is 205 cm³/mol. The molecule has 0 radical (unpaired) electrons. The number of aryl methyl sites for hydroxylation is 1. The van der Waals surface area contributed by atoms with Gasteiger partial charge in [0, 0.05) is 46.7 Å². The van der Waals surface area contributed by atoms with E-state index in [1.807, 2.05) is 30.3 Å². The van der Waals surface area contributed by atoms with E-state index in [0.717, 1.165) is 24.0 Å². The zero-order valence-electron chi connectivity index (χ0n) is 31.2. The number of fused-ring (bicyclic) bond motifs is 5. The molecule has 7 aromatic rings. The van der Waals surface area contributed by atoms with Crippen LogP contribution in [-0.4, -0.2) is 55.1 Å². The maximum absolute atomic E-state index is 15.7. The van der Waals surface area contributed by atoms with Gasteiger partial charge in [-0.15, -0.1) is 0 Å². The molecule has 1 saturated carbocycles. The van der Waals surface area contributed by atoms with Crippen LogP contribution in [0.25, 0.3) is 44.6 Å². The number of H-pyrrole nitrogens is 1. The van der Waals surface area contributed by atoms with E-state index in [4.69, 9.17) is 9.97 Å². The van der Waals surface area contributed by atoms with Crippen LogP contribution in [0.5, 0.6) is 0 Å². The van der Waals surface area contributed by atoms with E-state index < -0.39 is 75.7 Å². The van der Waals surface area contributed by atoms with Crippen molar-refractivity contribution < 1.29 is 39.6 Å². The first-order valence-corrected chi connectivity index (χ1v) is 20.4. The Bertz CT molecular complexity index is 2910. The number of alkyl halides is 4. The number of aromatic amines is 1. The number of amides is 1. The van der Waals surface area contributed by atoms with Gasteiger partial charge in [0.15, 0.2) is 11.5 Å². The Morgan fingerprint density at radius 2 is 1.69 bits per heavy atom. The number of nitrogens with one attached hydrogen (secondary N) is 3. The summed E-state index contributed by atoms with van der Waals surface area (Å²) in [5.74, 6) is -7.71. The smallest absolute Gasteiger partial charge is 0.293 e. The summed E-state index contributed by atoms with van der Waals surface area (Å²) < 4.78 is 118. The first-order chi connectivity index (χ1) is 28.1. The fraction of sp³-hybridized carbons (Fsp3) is 0.275. The summed E-state index contributed by atoms with van der Waals surface area (Å²) in [6.07, 6.45) is -2.03. The van der Waals surface area contributed by atoms with E-state index in [0.29, 0.717) is 50.5 Å². The van der Waals surface area contributed by atoms with Crippen LogP contribution in [0, 0.1) is 17.6 Å². The molecule has 0 bridgehead atoms. The summed E-state index contributed by atoms with van der Waals surface area (Å²) in [5.41, 5.74) is 1.08. The van der Waals surface area contributed by atoms with Gasteiger partial charge in [-0.1, -0.05) is 42.5 Å². The average Bonchev–Trinajstić information content (AvgIpc) is 3.85. The Morgan fingerprint density at radius 3 is 2.37 bits per heavy atom. The molecule has 3 aromatic carbocycles. The van der Waals surface area contributed by atoms with Crippen LogP contribution in [0.15, 0.2) is 72.8 Å². The highest BCUT2D eigenvalue weighted by molar-refractivity contribution is 7.92. The lowest BCUT2D eigenvalue weighted by molar-refractivity contribution is -0.123. The van der Waals surface area contributed by atoms with Crippen molar-refractivity contribution in [1.29, 1.82) is 0 Å². The molecule has 1 fully saturated rings. The third kappa shape index (κ3) is 6.75. The molecule has 1 amide bonds. The lowest BCUT2D eigenvalue weighted by Gasteiger charge is -2.34. The number of anilines is 1. The first-order valence-electron chi connectivity index (χ1n) is 18.5. The SMILES string of the molecule is Cn1nc(NS(C)(=O)=O)c2cccc(-c3cc4[nH]c(-c5ccccc5)nc4nc3[C@H](Cc3cc(F)cc(F)c3)NC(=O)Cn3nc(C(F)F)c4c3C(F)(F)[C@@H]3CC[C@H]43)c21. The molecular formula is C40H33F6N9O3S. The predicted octanol–water partition coefficient (Wildman–Crippen LogP) is 7.66. The monoisotopic (exact) mass is 833 g/mol. The van der Waals surface area contributed by atoms with Crippen molar-refractivity contribution in [3.63, 3.8) is 0 Å². The van der Waals surface area contributed by atoms with Gasteiger partial charge in [-0.05, 0) is 55.0 Å². The van der Waals surface area contributed by atoms with E-state index in [1.54, 1.807) is 31.3 Å². The number of rotatable bonds is 11. The fourth-order valence-electron chi connectivity index (χ4n) is 8.47. The van der Waals surface area contributed by atoms with Crippen molar-refractivity contribution in [3.05, 3.63) is 113 Å². The van der Waals surface area contributed by atoms with E-state index >= 15 is 8.78 Å². The number of hydrogen-bond acceptors (Lipinski definition) is 7. The van der Waals surface area contributed by atoms with Gasteiger partial charge in [-0.2, -0.15) is 19.0 Å². The second-order valence-corrected chi connectivity index (χ2v) is 16.7. The van der Waals surface area contributed by atoms with E-state index in [1.165, 1.54) is 4.68 Å². The van der Waals surface area contributed by atoms with Gasteiger partial charge in [0.25, 0.3) is 12.3 Å². The number of para-hydroxylation sites is 1. The van der Waals surface area contributed by atoms with Gasteiger partial charge in [0.1, 0.15) is 35.4 Å². The van der Waals surface area contributed by atoms with Crippen LogP contribution in [0.4, 0.5) is 32.2 Å². The number of hydrogen-bond donors (Lipinski definition) is 3. The van der Waals surface area contributed by atoms with Crippen molar-refractivity contribution in [2.45, 2.75) is 50.1 Å². The third-order valence-corrected chi connectivity index (χ3v) is 11.5. The second kappa shape index (κ2) is 14.0. The van der Waals surface area contributed by atoms with Crippen molar-refractivity contribution in [2.24, 2.45) is 13.0 Å². The van der Waals surface area contributed by atoms with E-state index in [2.05, 4.69) is 25.2 Å². The Labute approximate surface area is 331 Å². The topological polar surface area (TPSA) is 152 Å². The minimum atomic E-state index is -3.76. The van der Waals surface area contributed by atoms with Gasteiger partial charge in [0.2, 0.25) is 15.9 Å². The summed E-state index contributed by atoms with van der Waals surface area (Å²) in [6, 6.07) is 17.4. The molecule has 0 unspecified atom stereocenters. The zero-order chi connectivity index (χ0) is 41.5. The van der Waals surface area contributed by atoms with E-state index in [-0.39, 0.29) is 41.1 Å². The maximum atomic E-state index is 15.7. The quantitative estimate of drug-likeness (QED) is 0.113. The maximum Gasteiger partial charge on any atom is 0.293 e. The first kappa shape index (κ1) is 38.3. The highest BCUT2D eigenvalue weighted by atomic mass is 32.2. The van der Waals surface area contributed by atoms with Gasteiger partial charge < -0.3 is 10.3 Å². The van der Waals surface area contributed by atoms with Gasteiger partial charge in [-0.25, -0.2) is 35.9 Å². The second-order valence-electron chi connectivity index (χ2n) is 14.9. The Balaban J connectivity index is 1.21. The van der Waals surface area contributed by atoms with Crippen LogP contribution >= 0.6 is 0 Å². The Kier molecular flexibility index (Phi) is 9.06. The summed E-state index contributed by atoms with van der Waals surface area (Å²) in [6.45, 7) is -0.881. The van der Waals surface area contributed by atoms with Crippen molar-refractivity contribution in [1.82, 2.24) is 39.8 Å². The van der Waals surface area contributed by atoms with Crippen LogP contribution in [0.3, 0.4) is 0 Å². The molecule has 0 aliphatic heterocycles. The molecule has 19 heteroatoms. The number of pyridine rings is 1. The molecule has 0 saturated heterocycles. The van der Waals surface area contributed by atoms with Crippen molar-refractivity contribution in [3.8, 4) is 22.5 Å². The zero-order valence-corrected chi connectivity index (χ0v) is 32.0. The molecule has 59 heavy (non-hydrogen) atoms. The van der Waals surface area contributed by atoms with Gasteiger partial charge in [0.05, 0.1) is 29.0 Å². The minimum Gasteiger partial charge on any atom is -0.346 e. The molecule has 12 nitrogen and oxygen atoms in total. The number of halogens is 6. The molecule has 2 aliphatic rings. The number of aromatic nitrogens is 7. The normalized spacial score (nSPS) is 17.6. The molecule has 4 heterocycles. The fourth-order valence-corrected chi connectivity index (χ4v) is 8.98. The third-order valence-electron chi connectivity index (χ3n) is 11.0. The molecule has 2 aliphatic carbocycles. The summed E-state index contributed by atoms with van der Waals surface area (Å²) in [5, 5.41) is 11.4.